The molecule has 2 heterocycles. The Labute approximate surface area is 282 Å². The third-order valence-corrected chi connectivity index (χ3v) is 8.58. The van der Waals surface area contributed by atoms with Crippen molar-refractivity contribution in [1.82, 2.24) is 19.4 Å². The van der Waals surface area contributed by atoms with Crippen molar-refractivity contribution in [3.63, 3.8) is 0 Å². The summed E-state index contributed by atoms with van der Waals surface area (Å²) in [6.07, 6.45) is -5.71. The molecule has 48 heavy (non-hydrogen) atoms. The number of nitrogens with zero attached hydrogens (tertiary/aromatic N) is 3. The van der Waals surface area contributed by atoms with Crippen molar-refractivity contribution < 1.29 is 41.4 Å². The van der Waals surface area contributed by atoms with Crippen molar-refractivity contribution in [3.05, 3.63) is 109 Å². The number of aromatic nitrogens is 2. The van der Waals surface area contributed by atoms with Gasteiger partial charge in [0.2, 0.25) is 0 Å². The van der Waals surface area contributed by atoms with Crippen LogP contribution in [0.25, 0.3) is 5.69 Å². The number of alkyl halides is 3. The molecular weight excluding hydrogens is 730 g/mol. The van der Waals surface area contributed by atoms with Gasteiger partial charge in [-0.1, -0.05) is 17.7 Å². The zero-order valence-electron chi connectivity index (χ0n) is 24.8. The summed E-state index contributed by atoms with van der Waals surface area (Å²) in [4.78, 5) is 53.7. The summed E-state index contributed by atoms with van der Waals surface area (Å²) < 4.78 is 65.4. The predicted octanol–water partition coefficient (Wildman–Crippen LogP) is 5.74. The lowest BCUT2D eigenvalue weighted by molar-refractivity contribution is -0.153. The Kier molecular flexibility index (Phi) is 9.86. The summed E-state index contributed by atoms with van der Waals surface area (Å²) in [5.74, 6) is -2.34. The fourth-order valence-corrected chi connectivity index (χ4v) is 5.58. The Morgan fingerprint density at radius 3 is 2.35 bits per heavy atom. The molecule has 252 valence electrons. The van der Waals surface area contributed by atoms with E-state index < -0.39 is 48.2 Å². The van der Waals surface area contributed by atoms with Crippen LogP contribution in [-0.4, -0.2) is 51.3 Å². The minimum absolute atomic E-state index is 0.00965. The number of amides is 3. The zero-order chi connectivity index (χ0) is 34.9. The Balaban J connectivity index is 1.52. The minimum atomic E-state index is -4.57. The van der Waals surface area contributed by atoms with Crippen LogP contribution in [0.2, 0.25) is 5.02 Å². The van der Waals surface area contributed by atoms with Gasteiger partial charge in [-0.15, -0.1) is 0 Å². The number of benzene rings is 3. The number of carbonyl (C=O) groups is 3. The number of nitrogens with two attached hydrogens (primary N) is 1. The Bertz CT molecular complexity index is 1960. The molecule has 11 nitrogen and oxygen atoms in total. The van der Waals surface area contributed by atoms with E-state index in [2.05, 4.69) is 26.0 Å². The molecule has 0 spiro atoms. The average molecular weight is 755 g/mol. The third-order valence-electron chi connectivity index (χ3n) is 7.35. The number of rotatable bonds is 8. The first-order valence-electron chi connectivity index (χ1n) is 14.1. The number of primary amides is 1. The first-order valence-corrected chi connectivity index (χ1v) is 15.3. The van der Waals surface area contributed by atoms with Crippen LogP contribution in [0.3, 0.4) is 0 Å². The molecule has 0 saturated carbocycles. The number of hydrogen-bond donors (Lipinski definition) is 2. The van der Waals surface area contributed by atoms with Gasteiger partial charge in [0.25, 0.3) is 11.8 Å². The highest BCUT2D eigenvalue weighted by Crippen LogP contribution is 2.28. The van der Waals surface area contributed by atoms with Crippen LogP contribution in [0, 0.1) is 5.82 Å². The SMILES string of the molecule is CC(NC(=O)c1c2n(c(=O)n1-c1ccc(OCC(F)(F)F)cc1)CCN(C(=O)c1ccc(Br)c(Cl)c1)C2)c1ccc(OC(N)=O)cc1F. The van der Waals surface area contributed by atoms with E-state index in [0.29, 0.717) is 9.50 Å². The molecule has 3 N–H and O–H groups in total. The minimum Gasteiger partial charge on any atom is -0.484 e. The molecule has 3 amide bonds. The number of imidazole rings is 1. The van der Waals surface area contributed by atoms with Crippen LogP contribution in [0.5, 0.6) is 11.5 Å². The largest absolute Gasteiger partial charge is 0.484 e. The van der Waals surface area contributed by atoms with Crippen molar-refractivity contribution in [1.29, 1.82) is 0 Å². The smallest absolute Gasteiger partial charge is 0.422 e. The highest BCUT2D eigenvalue weighted by atomic mass is 79.9. The van der Waals surface area contributed by atoms with Gasteiger partial charge in [-0.25, -0.2) is 14.0 Å². The molecule has 1 aromatic heterocycles. The molecule has 5 rings (SSSR count). The molecular formula is C31H25BrClF4N5O6. The summed E-state index contributed by atoms with van der Waals surface area (Å²) in [6.45, 7) is -0.105. The summed E-state index contributed by atoms with van der Waals surface area (Å²) >= 11 is 9.47. The van der Waals surface area contributed by atoms with Gasteiger partial charge in [-0.3, -0.25) is 18.7 Å². The normalized spacial score (nSPS) is 13.4. The van der Waals surface area contributed by atoms with E-state index in [1.54, 1.807) is 12.1 Å². The van der Waals surface area contributed by atoms with Crippen LogP contribution in [0.4, 0.5) is 22.4 Å². The Morgan fingerprint density at radius 1 is 1.04 bits per heavy atom. The molecule has 0 saturated heterocycles. The van der Waals surface area contributed by atoms with E-state index in [-0.39, 0.29) is 59.3 Å². The first-order chi connectivity index (χ1) is 22.6. The molecule has 0 aliphatic carbocycles. The second-order valence-corrected chi connectivity index (χ2v) is 11.9. The van der Waals surface area contributed by atoms with E-state index in [1.807, 2.05) is 0 Å². The number of halogens is 6. The Hall–Kier alpha value is -4.83. The van der Waals surface area contributed by atoms with Crippen molar-refractivity contribution in [2.75, 3.05) is 13.2 Å². The molecule has 0 bridgehead atoms. The highest BCUT2D eigenvalue weighted by Gasteiger charge is 2.33. The molecule has 0 radical (unpaired) electrons. The summed E-state index contributed by atoms with van der Waals surface area (Å²) in [7, 11) is 0. The van der Waals surface area contributed by atoms with Gasteiger partial charge in [-0.05, 0) is 71.4 Å². The standard InChI is InChI=1S/C31H25BrClF4N5O6/c1-16(21-8-7-20(13-24(21)34)48-29(38)45)39-27(43)26-25-14-40(28(44)17-2-9-22(32)23(33)12-17)10-11-41(25)30(46)42(26)18-3-5-19(6-4-18)47-15-31(35,36)37/h2-9,12-13,16H,10-11,14-15H2,1H3,(H2,38,45)(H,39,43). The lowest BCUT2D eigenvalue weighted by Crippen LogP contribution is -2.41. The number of fused-ring (bicyclic) bond motifs is 1. The van der Waals surface area contributed by atoms with Crippen LogP contribution >= 0.6 is 27.5 Å². The number of ether oxygens (including phenoxy) is 2. The van der Waals surface area contributed by atoms with Crippen LogP contribution in [0.1, 0.15) is 45.1 Å². The summed E-state index contributed by atoms with van der Waals surface area (Å²) in [5.41, 5.74) is 4.71. The quantitative estimate of drug-likeness (QED) is 0.220. The first kappa shape index (κ1) is 34.5. The van der Waals surface area contributed by atoms with E-state index >= 15 is 0 Å². The van der Waals surface area contributed by atoms with Gasteiger partial charge in [0.05, 0.1) is 29.0 Å². The number of nitrogens with one attached hydrogen (secondary N) is 1. The number of carbonyl (C=O) groups excluding carboxylic acids is 3. The number of hydrogen-bond acceptors (Lipinski definition) is 6. The maximum atomic E-state index is 15.0. The van der Waals surface area contributed by atoms with Gasteiger partial charge >= 0.3 is 18.0 Å². The van der Waals surface area contributed by atoms with Gasteiger partial charge in [-0.2, -0.15) is 13.2 Å². The van der Waals surface area contributed by atoms with Crippen molar-refractivity contribution >= 4 is 45.4 Å². The second kappa shape index (κ2) is 13.7. The highest BCUT2D eigenvalue weighted by molar-refractivity contribution is 9.10. The zero-order valence-corrected chi connectivity index (χ0v) is 27.2. The summed E-state index contributed by atoms with van der Waals surface area (Å²) in [5, 5.41) is 2.97. The molecule has 1 aliphatic heterocycles. The van der Waals surface area contributed by atoms with Crippen molar-refractivity contribution in [2.24, 2.45) is 5.73 Å². The topological polar surface area (TPSA) is 138 Å². The predicted molar refractivity (Wildman–Crippen MR) is 168 cm³/mol. The molecule has 1 atom stereocenters. The monoisotopic (exact) mass is 753 g/mol. The fourth-order valence-electron chi connectivity index (χ4n) is 5.16. The third kappa shape index (κ3) is 7.49. The van der Waals surface area contributed by atoms with Crippen LogP contribution in [0.15, 0.2) is 69.9 Å². The van der Waals surface area contributed by atoms with Crippen LogP contribution < -0.4 is 26.2 Å². The second-order valence-electron chi connectivity index (χ2n) is 10.6. The van der Waals surface area contributed by atoms with Crippen molar-refractivity contribution in [2.45, 2.75) is 32.2 Å². The molecule has 0 fully saturated rings. The van der Waals surface area contributed by atoms with Gasteiger partial charge in [0.1, 0.15) is 23.0 Å². The molecule has 17 heteroatoms. The van der Waals surface area contributed by atoms with Crippen molar-refractivity contribution in [3.8, 4) is 17.2 Å². The average Bonchev–Trinajstić information content (AvgIpc) is 3.32. The Morgan fingerprint density at radius 2 is 1.73 bits per heavy atom. The maximum Gasteiger partial charge on any atom is 0.422 e. The molecule has 3 aromatic carbocycles. The molecule has 1 aliphatic rings. The van der Waals surface area contributed by atoms with Gasteiger partial charge in [0.15, 0.2) is 6.61 Å². The van der Waals surface area contributed by atoms with E-state index in [4.69, 9.17) is 22.1 Å². The van der Waals surface area contributed by atoms with E-state index in [9.17, 15) is 36.7 Å². The summed E-state index contributed by atoms with van der Waals surface area (Å²) in [6, 6.07) is 12.2. The van der Waals surface area contributed by atoms with Gasteiger partial charge in [0, 0.05) is 34.8 Å². The van der Waals surface area contributed by atoms with E-state index in [1.165, 1.54) is 58.9 Å². The molecule has 1 unspecified atom stereocenters. The van der Waals surface area contributed by atoms with E-state index in [0.717, 1.165) is 10.6 Å². The van der Waals surface area contributed by atoms with Gasteiger partial charge < -0.3 is 25.4 Å². The lowest BCUT2D eigenvalue weighted by atomic mass is 10.1. The van der Waals surface area contributed by atoms with Crippen LogP contribution in [-0.2, 0) is 13.1 Å². The fraction of sp³-hybridized carbons (Fsp3) is 0.226. The molecule has 4 aromatic rings. The lowest BCUT2D eigenvalue weighted by Gasteiger charge is -2.28. The maximum absolute atomic E-state index is 15.0.